The normalized spacial score (nSPS) is 16.8. The van der Waals surface area contributed by atoms with Crippen molar-refractivity contribution in [3.63, 3.8) is 0 Å². The van der Waals surface area contributed by atoms with Crippen LogP contribution < -0.4 is 10.2 Å². The number of rotatable bonds is 6. The van der Waals surface area contributed by atoms with Crippen molar-refractivity contribution in [2.45, 2.75) is 24.3 Å². The monoisotopic (exact) mass is 642 g/mol. The fourth-order valence-corrected chi connectivity index (χ4v) is 5.03. The van der Waals surface area contributed by atoms with Gasteiger partial charge in [-0.1, -0.05) is 24.3 Å². The van der Waals surface area contributed by atoms with Crippen molar-refractivity contribution in [2.75, 3.05) is 38.6 Å². The predicted octanol–water partition coefficient (Wildman–Crippen LogP) is 5.92. The van der Waals surface area contributed by atoms with Crippen LogP contribution in [0.5, 0.6) is 0 Å². The second kappa shape index (κ2) is 12.7. The number of urea groups is 1. The standard InChI is InChI=1S/C30H26F8N4O3/c1-40(21-12-19(29(33,34)35)11-20(13-21)30(36,37)38)28(45)41(2)25-16-42(15-22(25)18-8-9-23(31)24(32)10-18)26(43)14-39-27(44)17-6-4-3-5-7-17/h3-13,22,25H,14-16H2,1-2H3,(H,39,44). The third-order valence-electron chi connectivity index (χ3n) is 7.50. The van der Waals surface area contributed by atoms with Gasteiger partial charge in [-0.15, -0.1) is 0 Å². The molecule has 45 heavy (non-hydrogen) atoms. The molecule has 1 N–H and O–H groups in total. The Morgan fingerprint density at radius 2 is 1.42 bits per heavy atom. The lowest BCUT2D eigenvalue weighted by atomic mass is 9.93. The molecule has 0 saturated carbocycles. The number of hydrogen-bond donors (Lipinski definition) is 1. The number of halogens is 8. The first-order chi connectivity index (χ1) is 21.0. The van der Waals surface area contributed by atoms with Crippen LogP contribution in [0.1, 0.15) is 33.0 Å². The van der Waals surface area contributed by atoms with Crippen molar-refractivity contribution in [1.82, 2.24) is 15.1 Å². The molecular formula is C30H26F8N4O3. The Morgan fingerprint density at radius 3 is 1.98 bits per heavy atom. The Morgan fingerprint density at radius 1 is 0.822 bits per heavy atom. The molecule has 4 rings (SSSR count). The van der Waals surface area contributed by atoms with Crippen molar-refractivity contribution in [3.05, 3.63) is 101 Å². The Kier molecular flexibility index (Phi) is 9.40. The summed E-state index contributed by atoms with van der Waals surface area (Å²) in [5.41, 5.74) is -3.47. The van der Waals surface area contributed by atoms with Gasteiger partial charge in [0, 0.05) is 44.4 Å². The van der Waals surface area contributed by atoms with Crippen LogP contribution >= 0.6 is 0 Å². The number of benzene rings is 3. The highest BCUT2D eigenvalue weighted by Gasteiger charge is 2.42. The van der Waals surface area contributed by atoms with Crippen LogP contribution in [0.25, 0.3) is 0 Å². The maximum atomic E-state index is 14.2. The topological polar surface area (TPSA) is 73.0 Å². The lowest BCUT2D eigenvalue weighted by Crippen LogP contribution is -2.48. The molecule has 1 fully saturated rings. The Hall–Kier alpha value is -4.69. The van der Waals surface area contributed by atoms with E-state index in [4.69, 9.17) is 0 Å². The lowest BCUT2D eigenvalue weighted by Gasteiger charge is -2.33. The van der Waals surface area contributed by atoms with Crippen LogP contribution in [0.4, 0.5) is 45.6 Å². The van der Waals surface area contributed by atoms with Gasteiger partial charge in [-0.05, 0) is 48.0 Å². The van der Waals surface area contributed by atoms with E-state index in [0.29, 0.717) is 22.6 Å². The summed E-state index contributed by atoms with van der Waals surface area (Å²) in [5, 5.41) is 2.48. The van der Waals surface area contributed by atoms with E-state index in [0.717, 1.165) is 24.1 Å². The van der Waals surface area contributed by atoms with Crippen molar-refractivity contribution in [3.8, 4) is 0 Å². The molecule has 0 bridgehead atoms. The van der Waals surface area contributed by atoms with Gasteiger partial charge in [0.25, 0.3) is 5.91 Å². The average molecular weight is 643 g/mol. The average Bonchev–Trinajstić information content (AvgIpc) is 3.45. The van der Waals surface area contributed by atoms with E-state index in [2.05, 4.69) is 5.32 Å². The third kappa shape index (κ3) is 7.52. The van der Waals surface area contributed by atoms with E-state index in [-0.39, 0.29) is 24.7 Å². The first kappa shape index (κ1) is 33.2. The second-order valence-electron chi connectivity index (χ2n) is 10.4. The molecule has 3 aromatic carbocycles. The number of alkyl halides is 6. The number of hydrogen-bond acceptors (Lipinski definition) is 3. The molecule has 2 unspecified atom stereocenters. The van der Waals surface area contributed by atoms with E-state index >= 15 is 0 Å². The molecule has 1 aliphatic heterocycles. The second-order valence-corrected chi connectivity index (χ2v) is 10.4. The largest absolute Gasteiger partial charge is 0.416 e. The number of amides is 4. The molecule has 0 radical (unpaired) electrons. The van der Waals surface area contributed by atoms with Gasteiger partial charge in [0.1, 0.15) is 0 Å². The molecule has 1 heterocycles. The fraction of sp³-hybridized carbons (Fsp3) is 0.300. The molecular weight excluding hydrogens is 616 g/mol. The fourth-order valence-electron chi connectivity index (χ4n) is 5.03. The molecule has 15 heteroatoms. The Labute approximate surface area is 252 Å². The first-order valence-electron chi connectivity index (χ1n) is 13.3. The smallest absolute Gasteiger partial charge is 0.343 e. The highest BCUT2D eigenvalue weighted by Crippen LogP contribution is 2.39. The highest BCUT2D eigenvalue weighted by atomic mass is 19.4. The van der Waals surface area contributed by atoms with E-state index in [9.17, 15) is 49.5 Å². The van der Waals surface area contributed by atoms with Crippen LogP contribution in [0.2, 0.25) is 0 Å². The van der Waals surface area contributed by atoms with E-state index in [1.54, 1.807) is 18.2 Å². The van der Waals surface area contributed by atoms with Crippen molar-refractivity contribution >= 4 is 23.5 Å². The number of nitrogens with one attached hydrogen (secondary N) is 1. The van der Waals surface area contributed by atoms with Gasteiger partial charge in [0.05, 0.1) is 23.7 Å². The van der Waals surface area contributed by atoms with E-state index < -0.39 is 77.2 Å². The number of likely N-dealkylation sites (tertiary alicyclic amines) is 1. The number of carbonyl (C=O) groups is 3. The van der Waals surface area contributed by atoms with Crippen LogP contribution in [0.3, 0.4) is 0 Å². The molecule has 0 spiro atoms. The third-order valence-corrected chi connectivity index (χ3v) is 7.50. The van der Waals surface area contributed by atoms with Crippen molar-refractivity contribution in [2.24, 2.45) is 0 Å². The van der Waals surface area contributed by atoms with Gasteiger partial charge in [-0.2, -0.15) is 26.3 Å². The van der Waals surface area contributed by atoms with Gasteiger partial charge in [-0.25, -0.2) is 13.6 Å². The number of likely N-dealkylation sites (N-methyl/N-ethyl adjacent to an activating group) is 1. The van der Waals surface area contributed by atoms with Crippen molar-refractivity contribution < 1.29 is 49.5 Å². The summed E-state index contributed by atoms with van der Waals surface area (Å²) in [6, 6.07) is 9.69. The Balaban J connectivity index is 1.60. The zero-order valence-electron chi connectivity index (χ0n) is 23.7. The minimum atomic E-state index is -5.15. The summed E-state index contributed by atoms with van der Waals surface area (Å²) in [5.74, 6) is -4.33. The van der Waals surface area contributed by atoms with Crippen molar-refractivity contribution in [1.29, 1.82) is 0 Å². The lowest BCUT2D eigenvalue weighted by molar-refractivity contribution is -0.143. The van der Waals surface area contributed by atoms with Gasteiger partial charge in [-0.3, -0.25) is 14.5 Å². The summed E-state index contributed by atoms with van der Waals surface area (Å²) in [6.45, 7) is -0.776. The van der Waals surface area contributed by atoms with Gasteiger partial charge < -0.3 is 15.1 Å². The molecule has 4 amide bonds. The first-order valence-corrected chi connectivity index (χ1v) is 13.3. The molecule has 1 saturated heterocycles. The summed E-state index contributed by atoms with van der Waals surface area (Å²) >= 11 is 0. The maximum absolute atomic E-state index is 14.2. The zero-order valence-corrected chi connectivity index (χ0v) is 23.7. The maximum Gasteiger partial charge on any atom is 0.416 e. The quantitative estimate of drug-likeness (QED) is 0.340. The summed E-state index contributed by atoms with van der Waals surface area (Å²) in [4.78, 5) is 41.8. The van der Waals surface area contributed by atoms with Gasteiger partial charge >= 0.3 is 18.4 Å². The predicted molar refractivity (Wildman–Crippen MR) is 146 cm³/mol. The SMILES string of the molecule is CN(C(=O)N(C)C1CN(C(=O)CNC(=O)c2ccccc2)CC1c1ccc(F)c(F)c1)c1cc(C(F)(F)F)cc(C(F)(F)F)c1. The molecule has 0 aliphatic carbocycles. The summed E-state index contributed by atoms with van der Waals surface area (Å²) in [7, 11) is 2.21. The Bertz CT molecular complexity index is 1550. The van der Waals surface area contributed by atoms with Crippen LogP contribution in [0, 0.1) is 11.6 Å². The van der Waals surface area contributed by atoms with Crippen LogP contribution in [-0.4, -0.2) is 67.4 Å². The summed E-state index contributed by atoms with van der Waals surface area (Å²) in [6.07, 6.45) is -10.3. The molecule has 1 aliphatic rings. The van der Waals surface area contributed by atoms with E-state index in [1.165, 1.54) is 30.1 Å². The molecule has 0 aromatic heterocycles. The van der Waals surface area contributed by atoms with Gasteiger partial charge in [0.15, 0.2) is 11.6 Å². The molecule has 7 nitrogen and oxygen atoms in total. The molecule has 2 atom stereocenters. The van der Waals surface area contributed by atoms with Crippen LogP contribution in [0.15, 0.2) is 66.7 Å². The van der Waals surface area contributed by atoms with E-state index in [1.807, 2.05) is 0 Å². The van der Waals surface area contributed by atoms with Gasteiger partial charge in [0.2, 0.25) is 5.91 Å². The summed E-state index contributed by atoms with van der Waals surface area (Å²) < 4.78 is 108. The highest BCUT2D eigenvalue weighted by molar-refractivity contribution is 5.96. The molecule has 3 aromatic rings. The minimum absolute atomic E-state index is 0.0678. The zero-order chi connectivity index (χ0) is 33.3. The van der Waals surface area contributed by atoms with Crippen LogP contribution in [-0.2, 0) is 17.1 Å². The minimum Gasteiger partial charge on any atom is -0.343 e. The number of carbonyl (C=O) groups excluding carboxylic acids is 3. The molecule has 240 valence electrons. The number of anilines is 1. The number of nitrogens with zero attached hydrogens (tertiary/aromatic N) is 3.